The fourth-order valence-electron chi connectivity index (χ4n) is 3.49. The normalized spacial score (nSPS) is 17.1. The van der Waals surface area contributed by atoms with Crippen molar-refractivity contribution in [2.75, 3.05) is 25.1 Å². The number of amides is 1. The molecule has 1 amide bonds. The van der Waals surface area contributed by atoms with E-state index in [-0.39, 0.29) is 11.8 Å². The van der Waals surface area contributed by atoms with Gasteiger partial charge in [-0.05, 0) is 42.7 Å². The number of rotatable bonds is 5. The van der Waals surface area contributed by atoms with Gasteiger partial charge in [-0.2, -0.15) is 0 Å². The van der Waals surface area contributed by atoms with Crippen LogP contribution < -0.4 is 15.0 Å². The maximum atomic E-state index is 12.7. The van der Waals surface area contributed by atoms with Gasteiger partial charge in [0.15, 0.2) is 5.65 Å². The number of piperidine rings is 1. The Bertz CT molecular complexity index is 922. The van der Waals surface area contributed by atoms with Crippen LogP contribution in [0.5, 0.6) is 5.75 Å². The largest absolute Gasteiger partial charge is 0.497 e. The van der Waals surface area contributed by atoms with Gasteiger partial charge in [0.05, 0.1) is 13.0 Å². The van der Waals surface area contributed by atoms with E-state index in [1.54, 1.807) is 7.11 Å². The zero-order chi connectivity index (χ0) is 18.6. The highest BCUT2D eigenvalue weighted by atomic mass is 16.5. The molecule has 7 heteroatoms. The summed E-state index contributed by atoms with van der Waals surface area (Å²) in [7, 11) is 1.64. The maximum absolute atomic E-state index is 12.7. The molecule has 7 nitrogen and oxygen atoms in total. The van der Waals surface area contributed by atoms with Crippen LogP contribution in [0.25, 0.3) is 5.65 Å². The first-order chi connectivity index (χ1) is 13.2. The zero-order valence-corrected chi connectivity index (χ0v) is 15.3. The number of ether oxygens (including phenoxy) is 1. The summed E-state index contributed by atoms with van der Waals surface area (Å²) < 4.78 is 7.13. The Kier molecular flexibility index (Phi) is 4.91. The third kappa shape index (κ3) is 3.72. The van der Waals surface area contributed by atoms with Crippen LogP contribution in [0.15, 0.2) is 48.7 Å². The maximum Gasteiger partial charge on any atom is 0.231 e. The van der Waals surface area contributed by atoms with Crippen LogP contribution in [-0.2, 0) is 11.3 Å². The lowest BCUT2D eigenvalue weighted by atomic mass is 9.97. The fourth-order valence-corrected chi connectivity index (χ4v) is 3.49. The van der Waals surface area contributed by atoms with Gasteiger partial charge in [-0.15, -0.1) is 10.2 Å². The van der Waals surface area contributed by atoms with Crippen molar-refractivity contribution < 1.29 is 9.53 Å². The van der Waals surface area contributed by atoms with E-state index in [1.165, 1.54) is 0 Å². The Labute approximate surface area is 158 Å². The second kappa shape index (κ2) is 7.65. The first kappa shape index (κ1) is 17.3. The second-order valence-electron chi connectivity index (χ2n) is 6.78. The van der Waals surface area contributed by atoms with E-state index in [9.17, 15) is 4.79 Å². The number of nitrogens with zero attached hydrogens (tertiary/aromatic N) is 4. The summed E-state index contributed by atoms with van der Waals surface area (Å²) in [5.74, 6) is 1.66. The summed E-state index contributed by atoms with van der Waals surface area (Å²) in [4.78, 5) is 14.8. The van der Waals surface area contributed by atoms with E-state index in [4.69, 9.17) is 4.74 Å². The lowest BCUT2D eigenvalue weighted by Crippen LogP contribution is -2.43. The number of carbonyl (C=O) groups excluding carboxylic acids is 1. The second-order valence-corrected chi connectivity index (χ2v) is 6.78. The van der Waals surface area contributed by atoms with Crippen LogP contribution in [-0.4, -0.2) is 40.7 Å². The quantitative estimate of drug-likeness (QED) is 0.751. The Morgan fingerprint density at radius 1 is 1.22 bits per heavy atom. The molecule has 1 N–H and O–H groups in total. The molecule has 0 unspecified atom stereocenters. The molecule has 0 radical (unpaired) electrons. The minimum absolute atomic E-state index is 0.0481. The Morgan fingerprint density at radius 2 is 2.07 bits per heavy atom. The summed E-state index contributed by atoms with van der Waals surface area (Å²) in [5.41, 5.74) is 1.87. The molecule has 0 bridgehead atoms. The molecule has 1 aliphatic heterocycles. The Balaban J connectivity index is 1.39. The molecule has 0 spiro atoms. The van der Waals surface area contributed by atoms with Gasteiger partial charge in [-0.1, -0.05) is 18.2 Å². The summed E-state index contributed by atoms with van der Waals surface area (Å²) in [6.45, 7) is 2.06. The number of fused-ring (bicyclic) bond motifs is 1. The van der Waals surface area contributed by atoms with Crippen LogP contribution in [0.4, 0.5) is 5.95 Å². The highest BCUT2D eigenvalue weighted by molar-refractivity contribution is 5.79. The number of carbonyl (C=O) groups is 1. The zero-order valence-electron chi connectivity index (χ0n) is 15.3. The first-order valence-corrected chi connectivity index (χ1v) is 9.20. The Morgan fingerprint density at radius 3 is 2.89 bits per heavy atom. The van der Waals surface area contributed by atoms with Gasteiger partial charge in [0.25, 0.3) is 0 Å². The number of hydrogen-bond acceptors (Lipinski definition) is 5. The third-order valence-electron chi connectivity index (χ3n) is 5.00. The number of hydrogen-bond donors (Lipinski definition) is 1. The average molecular weight is 365 g/mol. The van der Waals surface area contributed by atoms with Gasteiger partial charge in [-0.3, -0.25) is 9.20 Å². The molecule has 1 fully saturated rings. The molecular formula is C20H23N5O2. The van der Waals surface area contributed by atoms with E-state index in [1.807, 2.05) is 53.1 Å². The van der Waals surface area contributed by atoms with Crippen molar-refractivity contribution in [3.8, 4) is 5.75 Å². The number of methoxy groups -OCH3 is 1. The summed E-state index contributed by atoms with van der Waals surface area (Å²) >= 11 is 0. The van der Waals surface area contributed by atoms with Gasteiger partial charge >= 0.3 is 0 Å². The number of nitrogens with one attached hydrogen (secondary N) is 1. The average Bonchev–Trinajstić information content (AvgIpc) is 3.16. The molecule has 0 saturated carbocycles. The fraction of sp³-hybridized carbons (Fsp3) is 0.350. The lowest BCUT2D eigenvalue weighted by Gasteiger charge is -2.32. The molecular weight excluding hydrogens is 342 g/mol. The molecule has 0 aliphatic carbocycles. The predicted octanol–water partition coefficient (Wildman–Crippen LogP) is 2.27. The van der Waals surface area contributed by atoms with Crippen molar-refractivity contribution in [1.82, 2.24) is 19.9 Å². The third-order valence-corrected chi connectivity index (χ3v) is 5.00. The van der Waals surface area contributed by atoms with Crippen molar-refractivity contribution in [2.45, 2.75) is 19.4 Å². The number of anilines is 1. The number of pyridine rings is 1. The number of aromatic nitrogens is 3. The highest BCUT2D eigenvalue weighted by Crippen LogP contribution is 2.22. The molecule has 1 aliphatic rings. The van der Waals surface area contributed by atoms with Crippen molar-refractivity contribution in [1.29, 1.82) is 0 Å². The highest BCUT2D eigenvalue weighted by Gasteiger charge is 2.27. The number of benzene rings is 1. The van der Waals surface area contributed by atoms with Gasteiger partial charge in [-0.25, -0.2) is 0 Å². The van der Waals surface area contributed by atoms with Gasteiger partial charge in [0, 0.05) is 25.8 Å². The van der Waals surface area contributed by atoms with Crippen molar-refractivity contribution in [3.63, 3.8) is 0 Å². The summed E-state index contributed by atoms with van der Waals surface area (Å²) in [5, 5.41) is 11.6. The standard InChI is InChI=1S/C20H23N5O2/c1-27-17-9-7-15(8-10-17)13-21-19(26)16-5-4-11-24(14-16)20-23-22-18-6-2-3-12-25(18)20/h2-3,6-10,12,16H,4-5,11,13-14H2,1H3,(H,21,26)/t16-/m1/s1. The van der Waals surface area contributed by atoms with Gasteiger partial charge in [0.2, 0.25) is 11.9 Å². The SMILES string of the molecule is COc1ccc(CNC(=O)[C@@H]2CCCN(c3nnc4ccccn34)C2)cc1. The van der Waals surface area contributed by atoms with Crippen LogP contribution in [0.2, 0.25) is 0 Å². The van der Waals surface area contributed by atoms with E-state index < -0.39 is 0 Å². The molecule has 2 aromatic heterocycles. The summed E-state index contributed by atoms with van der Waals surface area (Å²) in [6, 6.07) is 13.6. The van der Waals surface area contributed by atoms with E-state index in [2.05, 4.69) is 20.4 Å². The lowest BCUT2D eigenvalue weighted by molar-refractivity contribution is -0.125. The molecule has 4 rings (SSSR count). The molecule has 3 aromatic rings. The molecule has 1 saturated heterocycles. The monoisotopic (exact) mass is 365 g/mol. The molecule has 27 heavy (non-hydrogen) atoms. The molecule has 3 heterocycles. The summed E-state index contributed by atoms with van der Waals surface area (Å²) in [6.07, 6.45) is 3.81. The van der Waals surface area contributed by atoms with Crippen molar-refractivity contribution >= 4 is 17.5 Å². The Hall–Kier alpha value is -3.09. The topological polar surface area (TPSA) is 71.8 Å². The van der Waals surface area contributed by atoms with E-state index in [0.29, 0.717) is 13.1 Å². The molecule has 140 valence electrons. The van der Waals surface area contributed by atoms with Gasteiger partial charge < -0.3 is 15.0 Å². The van der Waals surface area contributed by atoms with Crippen LogP contribution in [0.1, 0.15) is 18.4 Å². The van der Waals surface area contributed by atoms with E-state index >= 15 is 0 Å². The van der Waals surface area contributed by atoms with Crippen LogP contribution >= 0.6 is 0 Å². The minimum Gasteiger partial charge on any atom is -0.497 e. The van der Waals surface area contributed by atoms with Gasteiger partial charge in [0.1, 0.15) is 5.75 Å². The predicted molar refractivity (Wildman–Crippen MR) is 103 cm³/mol. The van der Waals surface area contributed by atoms with E-state index in [0.717, 1.165) is 42.3 Å². The van der Waals surface area contributed by atoms with Crippen molar-refractivity contribution in [2.24, 2.45) is 5.92 Å². The molecule has 1 atom stereocenters. The molecule has 1 aromatic carbocycles. The van der Waals surface area contributed by atoms with Crippen molar-refractivity contribution in [3.05, 3.63) is 54.2 Å². The smallest absolute Gasteiger partial charge is 0.231 e. The first-order valence-electron chi connectivity index (χ1n) is 9.20. The minimum atomic E-state index is -0.0481. The van der Waals surface area contributed by atoms with Crippen LogP contribution in [0.3, 0.4) is 0 Å². The van der Waals surface area contributed by atoms with Crippen LogP contribution in [0, 0.1) is 5.92 Å².